The number of benzene rings is 1. The number of amides is 1. The molecule has 1 heterocycles. The van der Waals surface area contributed by atoms with E-state index in [9.17, 15) is 4.79 Å². The number of nitrogens with zero attached hydrogens (tertiary/aromatic N) is 1. The lowest BCUT2D eigenvalue weighted by Gasteiger charge is -2.26. The maximum atomic E-state index is 12.3. The molecule has 1 amide bonds. The van der Waals surface area contributed by atoms with Crippen LogP contribution in [0, 0.1) is 6.92 Å². The molecular formula is C18H22N2O2S. The summed E-state index contributed by atoms with van der Waals surface area (Å²) in [6.45, 7) is 1.99. The number of ether oxygens (including phenoxy) is 1. The Balaban J connectivity index is 1.62. The lowest BCUT2D eigenvalue weighted by molar-refractivity contribution is -0.121. The summed E-state index contributed by atoms with van der Waals surface area (Å²) < 4.78 is 5.30. The lowest BCUT2D eigenvalue weighted by atomic mass is 9.87. The van der Waals surface area contributed by atoms with E-state index in [0.717, 1.165) is 37.1 Å². The summed E-state index contributed by atoms with van der Waals surface area (Å²) >= 11 is 1.63. The second kappa shape index (κ2) is 7.13. The van der Waals surface area contributed by atoms with Crippen molar-refractivity contribution in [2.75, 3.05) is 7.11 Å². The molecule has 1 aliphatic carbocycles. The van der Waals surface area contributed by atoms with E-state index in [-0.39, 0.29) is 11.9 Å². The van der Waals surface area contributed by atoms with Gasteiger partial charge in [-0.3, -0.25) is 4.79 Å². The quantitative estimate of drug-likeness (QED) is 0.911. The maximum absolute atomic E-state index is 12.3. The van der Waals surface area contributed by atoms with Gasteiger partial charge in [0, 0.05) is 11.3 Å². The zero-order valence-corrected chi connectivity index (χ0v) is 14.4. The average molecular weight is 330 g/mol. The average Bonchev–Trinajstić information content (AvgIpc) is 2.98. The van der Waals surface area contributed by atoms with E-state index >= 15 is 0 Å². The molecule has 3 rings (SSSR count). The van der Waals surface area contributed by atoms with Crippen LogP contribution in [-0.2, 0) is 17.6 Å². The first-order valence-electron chi connectivity index (χ1n) is 8.02. The van der Waals surface area contributed by atoms with Crippen LogP contribution in [0.2, 0.25) is 0 Å². The zero-order chi connectivity index (χ0) is 16.2. The molecule has 0 unspecified atom stereocenters. The number of methoxy groups -OCH3 is 1. The van der Waals surface area contributed by atoms with Gasteiger partial charge in [0.15, 0.2) is 0 Å². The fraction of sp³-hybridized carbons (Fsp3) is 0.444. The zero-order valence-electron chi connectivity index (χ0n) is 13.6. The number of carbonyl (C=O) groups is 1. The van der Waals surface area contributed by atoms with Gasteiger partial charge < -0.3 is 10.1 Å². The molecule has 0 saturated carbocycles. The highest BCUT2D eigenvalue weighted by Crippen LogP contribution is 2.32. The summed E-state index contributed by atoms with van der Waals surface area (Å²) in [5.41, 5.74) is 5.41. The fourth-order valence-electron chi connectivity index (χ4n) is 3.13. The van der Waals surface area contributed by atoms with E-state index in [1.165, 1.54) is 16.0 Å². The fourth-order valence-corrected chi connectivity index (χ4v) is 3.91. The first-order chi connectivity index (χ1) is 11.2. The van der Waals surface area contributed by atoms with E-state index in [1.54, 1.807) is 18.4 Å². The van der Waals surface area contributed by atoms with Crippen molar-refractivity contribution in [2.45, 2.75) is 45.1 Å². The van der Waals surface area contributed by atoms with Gasteiger partial charge >= 0.3 is 0 Å². The normalized spacial score (nSPS) is 16.7. The third kappa shape index (κ3) is 3.72. The van der Waals surface area contributed by atoms with Crippen molar-refractivity contribution in [3.63, 3.8) is 0 Å². The second-order valence-corrected chi connectivity index (χ2v) is 6.88. The van der Waals surface area contributed by atoms with Crippen molar-refractivity contribution in [3.8, 4) is 5.75 Å². The first-order valence-corrected chi connectivity index (χ1v) is 8.90. The van der Waals surface area contributed by atoms with Gasteiger partial charge in [0.05, 0.1) is 24.4 Å². The minimum atomic E-state index is 0.117. The number of hydrogen-bond donors (Lipinski definition) is 1. The smallest absolute Gasteiger partial charge is 0.220 e. The summed E-state index contributed by atoms with van der Waals surface area (Å²) in [6, 6.07) is 6.28. The van der Waals surface area contributed by atoms with E-state index in [4.69, 9.17) is 4.74 Å². The number of aromatic nitrogens is 1. The Bertz CT molecular complexity index is 696. The van der Waals surface area contributed by atoms with Crippen LogP contribution in [0.3, 0.4) is 0 Å². The molecular weight excluding hydrogens is 308 g/mol. The third-order valence-corrected chi connectivity index (χ3v) is 5.42. The molecule has 0 spiro atoms. The molecule has 2 aromatic rings. The summed E-state index contributed by atoms with van der Waals surface area (Å²) in [4.78, 5) is 17.7. The van der Waals surface area contributed by atoms with Crippen LogP contribution in [-0.4, -0.2) is 18.0 Å². The van der Waals surface area contributed by atoms with Gasteiger partial charge in [-0.1, -0.05) is 6.07 Å². The van der Waals surface area contributed by atoms with Gasteiger partial charge in [-0.2, -0.15) is 0 Å². The van der Waals surface area contributed by atoms with Gasteiger partial charge in [-0.15, -0.1) is 11.3 Å². The Labute approximate surface area is 140 Å². The van der Waals surface area contributed by atoms with Crippen molar-refractivity contribution in [1.29, 1.82) is 0 Å². The van der Waals surface area contributed by atoms with Gasteiger partial charge in [-0.05, 0) is 55.9 Å². The van der Waals surface area contributed by atoms with Crippen molar-refractivity contribution < 1.29 is 9.53 Å². The molecule has 0 bridgehead atoms. The molecule has 0 saturated heterocycles. The van der Waals surface area contributed by atoms with Crippen LogP contribution < -0.4 is 10.1 Å². The Hall–Kier alpha value is -1.88. The van der Waals surface area contributed by atoms with E-state index in [0.29, 0.717) is 6.42 Å². The summed E-state index contributed by atoms with van der Waals surface area (Å²) in [6.07, 6.45) is 4.44. The Kier molecular flexibility index (Phi) is 4.96. The van der Waals surface area contributed by atoms with Crippen molar-refractivity contribution in [1.82, 2.24) is 10.3 Å². The Morgan fingerprint density at radius 3 is 3.09 bits per heavy atom. The van der Waals surface area contributed by atoms with Crippen molar-refractivity contribution in [2.24, 2.45) is 0 Å². The minimum absolute atomic E-state index is 0.117. The topological polar surface area (TPSA) is 51.2 Å². The van der Waals surface area contributed by atoms with Crippen molar-refractivity contribution in [3.05, 3.63) is 45.4 Å². The van der Waals surface area contributed by atoms with Gasteiger partial charge in [0.1, 0.15) is 5.75 Å². The standard InChI is InChI=1S/C18H22N2O2S/c1-12-17(23-11-19-12)8-9-18(21)20-16-5-3-4-13-10-14(22-2)6-7-15(13)16/h6-7,10-11,16H,3-5,8-9H2,1-2H3,(H,20,21)/t16-/m0/s1. The predicted octanol–water partition coefficient (Wildman–Crippen LogP) is 3.59. The number of thiazole rings is 1. The third-order valence-electron chi connectivity index (χ3n) is 4.42. The molecule has 0 fully saturated rings. The number of aryl methyl sites for hydroxylation is 3. The SMILES string of the molecule is COc1ccc2c(c1)CCC[C@@H]2NC(=O)CCc1scnc1C. The lowest BCUT2D eigenvalue weighted by Crippen LogP contribution is -2.31. The van der Waals surface area contributed by atoms with Crippen LogP contribution in [0.25, 0.3) is 0 Å². The number of carbonyl (C=O) groups excluding carboxylic acids is 1. The predicted molar refractivity (Wildman–Crippen MR) is 92.0 cm³/mol. The highest BCUT2D eigenvalue weighted by atomic mass is 32.1. The molecule has 23 heavy (non-hydrogen) atoms. The molecule has 1 N–H and O–H groups in total. The van der Waals surface area contributed by atoms with E-state index in [1.807, 2.05) is 18.5 Å². The van der Waals surface area contributed by atoms with Crippen LogP contribution in [0.1, 0.15) is 47.0 Å². The summed E-state index contributed by atoms with van der Waals surface area (Å²) in [5.74, 6) is 1.00. The number of rotatable bonds is 5. The largest absolute Gasteiger partial charge is 0.497 e. The minimum Gasteiger partial charge on any atom is -0.497 e. The molecule has 0 radical (unpaired) electrons. The molecule has 4 nitrogen and oxygen atoms in total. The van der Waals surface area contributed by atoms with Crippen LogP contribution in [0.5, 0.6) is 5.75 Å². The number of nitrogens with one attached hydrogen (secondary N) is 1. The van der Waals surface area contributed by atoms with Crippen LogP contribution in [0.15, 0.2) is 23.7 Å². The molecule has 1 aromatic heterocycles. The summed E-state index contributed by atoms with van der Waals surface area (Å²) in [7, 11) is 1.69. The second-order valence-electron chi connectivity index (χ2n) is 5.94. The Morgan fingerprint density at radius 2 is 2.35 bits per heavy atom. The van der Waals surface area contributed by atoms with Gasteiger partial charge in [-0.25, -0.2) is 4.98 Å². The van der Waals surface area contributed by atoms with E-state index < -0.39 is 0 Å². The van der Waals surface area contributed by atoms with Crippen LogP contribution >= 0.6 is 11.3 Å². The monoisotopic (exact) mass is 330 g/mol. The molecule has 1 atom stereocenters. The van der Waals surface area contributed by atoms with Gasteiger partial charge in [0.2, 0.25) is 5.91 Å². The summed E-state index contributed by atoms with van der Waals surface area (Å²) in [5, 5.41) is 3.20. The maximum Gasteiger partial charge on any atom is 0.220 e. The molecule has 1 aliphatic rings. The molecule has 122 valence electrons. The van der Waals surface area contributed by atoms with Gasteiger partial charge in [0.25, 0.3) is 0 Å². The molecule has 5 heteroatoms. The van der Waals surface area contributed by atoms with Crippen molar-refractivity contribution >= 4 is 17.2 Å². The van der Waals surface area contributed by atoms with E-state index in [2.05, 4.69) is 22.4 Å². The molecule has 0 aliphatic heterocycles. The Morgan fingerprint density at radius 1 is 1.48 bits per heavy atom. The highest BCUT2D eigenvalue weighted by Gasteiger charge is 2.22. The number of fused-ring (bicyclic) bond motifs is 1. The first kappa shape index (κ1) is 16.0. The molecule has 1 aromatic carbocycles. The van der Waals surface area contributed by atoms with Crippen LogP contribution in [0.4, 0.5) is 0 Å². The number of hydrogen-bond acceptors (Lipinski definition) is 4. The highest BCUT2D eigenvalue weighted by molar-refractivity contribution is 7.09.